The lowest BCUT2D eigenvalue weighted by Crippen LogP contribution is -2.46. The van der Waals surface area contributed by atoms with Crippen molar-refractivity contribution in [2.45, 2.75) is 238 Å². The third-order valence-corrected chi connectivity index (χ3v) is 11.6. The summed E-state index contributed by atoms with van der Waals surface area (Å²) in [5.74, 6) is -0.630. The van der Waals surface area contributed by atoms with Crippen molar-refractivity contribution >= 4 is 11.9 Å². The number of amides is 1. The van der Waals surface area contributed by atoms with E-state index in [1.807, 2.05) is 60.8 Å². The molecule has 0 aliphatic heterocycles. The maximum Gasteiger partial charge on any atom is 0.306 e. The highest BCUT2D eigenvalue weighted by molar-refractivity contribution is 5.77. The number of carbonyl (C=O) groups is 2. The van der Waals surface area contributed by atoms with Crippen molar-refractivity contribution in [1.82, 2.24) is 5.32 Å². The number of aliphatic hydroxyl groups is 2. The minimum atomic E-state index is -0.828. The second kappa shape index (κ2) is 53.9. The first-order valence-electron chi connectivity index (χ1n) is 27.5. The summed E-state index contributed by atoms with van der Waals surface area (Å²) < 4.78 is 5.88. The molecular formula is C62H101NO5. The van der Waals surface area contributed by atoms with Crippen LogP contribution in [-0.2, 0) is 14.3 Å². The van der Waals surface area contributed by atoms with Crippen molar-refractivity contribution in [3.8, 4) is 0 Å². The van der Waals surface area contributed by atoms with Crippen LogP contribution in [0.25, 0.3) is 0 Å². The van der Waals surface area contributed by atoms with Crippen LogP contribution in [0.15, 0.2) is 134 Å². The van der Waals surface area contributed by atoms with Crippen LogP contribution in [0.5, 0.6) is 0 Å². The number of nitrogens with one attached hydrogen (secondary N) is 1. The molecule has 0 saturated heterocycles. The van der Waals surface area contributed by atoms with Gasteiger partial charge in [0.2, 0.25) is 5.91 Å². The number of esters is 1. The molecule has 6 heteroatoms. The van der Waals surface area contributed by atoms with Gasteiger partial charge in [-0.2, -0.15) is 0 Å². The SMILES string of the molecule is CC\C=C/C=C/C=C/C=C\C=C\C=C\CCCC(CC(=O)NC(CO)C(O)CCCCCCCCCCCCCCCCCCC)OC(=O)CCC/C=C\C/C=C\C/C=C\C/C=C\C/C=C\CC. The molecule has 0 rings (SSSR count). The van der Waals surface area contributed by atoms with Gasteiger partial charge in [-0.3, -0.25) is 9.59 Å². The molecule has 3 atom stereocenters. The van der Waals surface area contributed by atoms with Crippen LogP contribution >= 0.6 is 0 Å². The van der Waals surface area contributed by atoms with Crippen molar-refractivity contribution in [3.05, 3.63) is 134 Å². The normalized spacial score (nSPS) is 14.2. The van der Waals surface area contributed by atoms with Crippen molar-refractivity contribution < 1.29 is 24.5 Å². The Bertz CT molecular complexity index is 1470. The lowest BCUT2D eigenvalue weighted by molar-refractivity contribution is -0.151. The third-order valence-electron chi connectivity index (χ3n) is 11.6. The van der Waals surface area contributed by atoms with E-state index in [0.29, 0.717) is 19.3 Å². The van der Waals surface area contributed by atoms with Crippen LogP contribution in [0, 0.1) is 0 Å². The summed E-state index contributed by atoms with van der Waals surface area (Å²) >= 11 is 0. The molecule has 1 amide bonds. The maximum atomic E-state index is 13.2. The highest BCUT2D eigenvalue weighted by Gasteiger charge is 2.24. The zero-order valence-electron chi connectivity index (χ0n) is 43.7. The number of aliphatic hydroxyl groups excluding tert-OH is 2. The standard InChI is InChI=1S/C62H101NO5/c1-4-7-10-13-16-19-22-25-28-30-33-36-39-42-45-48-51-54-60(65)59(57-64)63-61(66)56-58(53-50-47-44-41-38-35-32-27-24-21-18-15-12-9-6-3)68-62(67)55-52-49-46-43-40-37-34-31-29-26-23-20-17-14-11-8-5-2/h8-9,11-12,15,17-18,20-21,24,26-27,29,32,34-35,37-38,41,43-44,46,58-60,64-65H,4-7,10,13-14,16,19,22-23,25,28,30-31,33,36,39-40,42,45,47-57H2,1-3H3,(H,63,66)/b11-8-,12-9-,18-15+,20-17-,24-21+,29-26-,32-27-,37-34-,38-35+,44-41+,46-43-. The van der Waals surface area contributed by atoms with E-state index in [0.717, 1.165) is 77.0 Å². The lowest BCUT2D eigenvalue weighted by Gasteiger charge is -2.24. The minimum Gasteiger partial charge on any atom is -0.462 e. The van der Waals surface area contributed by atoms with Gasteiger partial charge in [0.15, 0.2) is 0 Å². The summed E-state index contributed by atoms with van der Waals surface area (Å²) in [6.45, 7) is 6.19. The number of rotatable bonds is 47. The fourth-order valence-electron chi connectivity index (χ4n) is 7.56. The first kappa shape index (κ1) is 64.0. The zero-order chi connectivity index (χ0) is 49.5. The van der Waals surface area contributed by atoms with Crippen LogP contribution in [0.2, 0.25) is 0 Å². The van der Waals surface area contributed by atoms with Crippen molar-refractivity contribution in [3.63, 3.8) is 0 Å². The van der Waals surface area contributed by atoms with Gasteiger partial charge >= 0.3 is 5.97 Å². The minimum absolute atomic E-state index is 0.00509. The number of ether oxygens (including phenoxy) is 1. The summed E-state index contributed by atoms with van der Waals surface area (Å²) in [7, 11) is 0. The first-order chi connectivity index (χ1) is 33.5. The van der Waals surface area contributed by atoms with E-state index < -0.39 is 18.2 Å². The second-order valence-electron chi connectivity index (χ2n) is 18.0. The molecule has 68 heavy (non-hydrogen) atoms. The summed E-state index contributed by atoms with van der Waals surface area (Å²) in [6.07, 6.45) is 76.6. The van der Waals surface area contributed by atoms with Gasteiger partial charge in [-0.25, -0.2) is 0 Å². The van der Waals surface area contributed by atoms with Gasteiger partial charge in [0.05, 0.1) is 25.2 Å². The van der Waals surface area contributed by atoms with E-state index >= 15 is 0 Å². The lowest BCUT2D eigenvalue weighted by atomic mass is 10.0. The van der Waals surface area contributed by atoms with E-state index in [4.69, 9.17) is 4.74 Å². The average molecular weight is 940 g/mol. The second-order valence-corrected chi connectivity index (χ2v) is 18.0. The van der Waals surface area contributed by atoms with Crippen LogP contribution in [0.3, 0.4) is 0 Å². The Morgan fingerprint density at radius 2 is 0.868 bits per heavy atom. The third kappa shape index (κ3) is 48.5. The quantitative estimate of drug-likeness (QED) is 0.0244. The molecule has 0 aromatic carbocycles. The fraction of sp³-hybridized carbons (Fsp3) is 0.613. The Kier molecular flexibility index (Phi) is 50.8. The number of hydrogen-bond acceptors (Lipinski definition) is 5. The van der Waals surface area contributed by atoms with E-state index in [2.05, 4.69) is 99.0 Å². The topological polar surface area (TPSA) is 95.9 Å². The van der Waals surface area contributed by atoms with Gasteiger partial charge in [0, 0.05) is 6.42 Å². The molecule has 0 aliphatic rings. The van der Waals surface area contributed by atoms with Gasteiger partial charge in [-0.05, 0) is 77.0 Å². The number of hydrogen-bond donors (Lipinski definition) is 3. The summed E-state index contributed by atoms with van der Waals surface area (Å²) in [6, 6.07) is -0.748. The van der Waals surface area contributed by atoms with Crippen LogP contribution in [-0.4, -0.2) is 46.9 Å². The Labute approximate surface area is 418 Å². The maximum absolute atomic E-state index is 13.2. The van der Waals surface area contributed by atoms with Gasteiger partial charge in [-0.1, -0.05) is 264 Å². The average Bonchev–Trinajstić information content (AvgIpc) is 3.33. The Balaban J connectivity index is 4.78. The predicted molar refractivity (Wildman–Crippen MR) is 296 cm³/mol. The molecule has 0 spiro atoms. The molecule has 0 aromatic heterocycles. The molecule has 0 heterocycles. The molecule has 0 bridgehead atoms. The number of allylic oxidation sites excluding steroid dienone is 22. The fourth-order valence-corrected chi connectivity index (χ4v) is 7.56. The smallest absolute Gasteiger partial charge is 0.306 e. The molecule has 0 aliphatic carbocycles. The molecule has 3 unspecified atom stereocenters. The van der Waals surface area contributed by atoms with Gasteiger partial charge in [0.25, 0.3) is 0 Å². The zero-order valence-corrected chi connectivity index (χ0v) is 43.7. The van der Waals surface area contributed by atoms with Gasteiger partial charge in [-0.15, -0.1) is 0 Å². The number of unbranched alkanes of at least 4 members (excludes halogenated alkanes) is 18. The highest BCUT2D eigenvalue weighted by Crippen LogP contribution is 2.17. The highest BCUT2D eigenvalue weighted by atomic mass is 16.5. The largest absolute Gasteiger partial charge is 0.462 e. The monoisotopic (exact) mass is 940 g/mol. The van der Waals surface area contributed by atoms with E-state index in [-0.39, 0.29) is 31.3 Å². The summed E-state index contributed by atoms with van der Waals surface area (Å²) in [5.41, 5.74) is 0. The molecular weight excluding hydrogens is 839 g/mol. The Morgan fingerprint density at radius 1 is 0.456 bits per heavy atom. The van der Waals surface area contributed by atoms with Crippen molar-refractivity contribution in [1.29, 1.82) is 0 Å². The molecule has 3 N–H and O–H groups in total. The van der Waals surface area contributed by atoms with Crippen LogP contribution < -0.4 is 5.32 Å². The van der Waals surface area contributed by atoms with E-state index in [9.17, 15) is 19.8 Å². The molecule has 384 valence electrons. The molecule has 0 saturated carbocycles. The van der Waals surface area contributed by atoms with Crippen molar-refractivity contribution in [2.24, 2.45) is 0 Å². The summed E-state index contributed by atoms with van der Waals surface area (Å²) in [5, 5.41) is 23.8. The first-order valence-corrected chi connectivity index (χ1v) is 27.5. The van der Waals surface area contributed by atoms with Gasteiger partial charge in [0.1, 0.15) is 6.10 Å². The number of carbonyl (C=O) groups excluding carboxylic acids is 2. The van der Waals surface area contributed by atoms with Crippen LogP contribution in [0.4, 0.5) is 0 Å². The molecule has 6 nitrogen and oxygen atoms in total. The van der Waals surface area contributed by atoms with Crippen molar-refractivity contribution in [2.75, 3.05) is 6.61 Å². The van der Waals surface area contributed by atoms with E-state index in [1.165, 1.54) is 89.9 Å². The van der Waals surface area contributed by atoms with E-state index in [1.54, 1.807) is 0 Å². The molecule has 0 aromatic rings. The summed E-state index contributed by atoms with van der Waals surface area (Å²) in [4.78, 5) is 26.2. The molecule has 0 radical (unpaired) electrons. The predicted octanol–water partition coefficient (Wildman–Crippen LogP) is 17.0. The van der Waals surface area contributed by atoms with Gasteiger partial charge < -0.3 is 20.3 Å². The Morgan fingerprint density at radius 3 is 1.34 bits per heavy atom. The Hall–Kier alpha value is -4.00. The molecule has 0 fully saturated rings. The van der Waals surface area contributed by atoms with Crippen LogP contribution in [0.1, 0.15) is 220 Å².